The molecule has 3 aliphatic carbocycles. The van der Waals surface area contributed by atoms with Crippen LogP contribution in [-0.4, -0.2) is 33.3 Å². The molecule has 3 rings (SSSR count). The van der Waals surface area contributed by atoms with Crippen LogP contribution in [0.4, 0.5) is 0 Å². The van der Waals surface area contributed by atoms with Gasteiger partial charge in [0, 0.05) is 12.3 Å². The Morgan fingerprint density at radius 1 is 1.45 bits per heavy atom. The van der Waals surface area contributed by atoms with Crippen molar-refractivity contribution in [2.45, 2.75) is 30.1 Å². The van der Waals surface area contributed by atoms with Gasteiger partial charge in [-0.3, -0.25) is 4.79 Å². The van der Waals surface area contributed by atoms with Crippen LogP contribution in [0.3, 0.4) is 0 Å². The lowest BCUT2D eigenvalue weighted by atomic mass is 9.68. The van der Waals surface area contributed by atoms with Crippen LogP contribution in [0, 0.1) is 11.8 Å². The smallest absolute Gasteiger partial charge is 0.220 e. The summed E-state index contributed by atoms with van der Waals surface area (Å²) in [6.45, 7) is 0. The van der Waals surface area contributed by atoms with E-state index in [0.29, 0.717) is 16.5 Å². The summed E-state index contributed by atoms with van der Waals surface area (Å²) in [5.41, 5.74) is 0. The highest BCUT2D eigenvalue weighted by molar-refractivity contribution is 6.13. The molecule has 60 valence electrons. The zero-order valence-electron chi connectivity index (χ0n) is 6.79. The zero-order valence-corrected chi connectivity index (χ0v) is 8.79. The first-order valence-electron chi connectivity index (χ1n) is 4.41. The van der Waals surface area contributed by atoms with E-state index in [1.54, 1.807) is 0 Å². The van der Waals surface area contributed by atoms with Gasteiger partial charge >= 0.3 is 0 Å². The molecule has 0 heterocycles. The maximum atomic E-state index is 11.3. The van der Waals surface area contributed by atoms with E-state index in [1.807, 2.05) is 0 Å². The van der Waals surface area contributed by atoms with Crippen LogP contribution < -0.4 is 0 Å². The van der Waals surface area contributed by atoms with Gasteiger partial charge in [0.05, 0.1) is 6.10 Å². The maximum Gasteiger partial charge on any atom is 0.220 e. The summed E-state index contributed by atoms with van der Waals surface area (Å²) >= 11 is 1.05. The second-order valence-corrected chi connectivity index (χ2v) is 5.30. The third kappa shape index (κ3) is 1.07. The molecule has 0 aromatic rings. The fourth-order valence-electron chi connectivity index (χ4n) is 2.52. The Balaban J connectivity index is 2.23. The highest BCUT2D eigenvalue weighted by atomic mass is 27.0. The van der Waals surface area contributed by atoms with Crippen molar-refractivity contribution in [3.8, 4) is 0 Å². The van der Waals surface area contributed by atoms with Crippen molar-refractivity contribution in [2.24, 2.45) is 11.8 Å². The van der Waals surface area contributed by atoms with Crippen molar-refractivity contribution in [2.75, 3.05) is 0 Å². The largest absolute Gasteiger partial charge is 0.393 e. The van der Waals surface area contributed by atoms with Crippen LogP contribution in [0.1, 0.15) is 19.3 Å². The van der Waals surface area contributed by atoms with E-state index >= 15 is 0 Å². The summed E-state index contributed by atoms with van der Waals surface area (Å²) in [5.74, 6) is 0.873. The molecule has 0 saturated heterocycles. The fraction of sp³-hybridized carbons (Fsp3) is 0.875. The first-order chi connectivity index (χ1) is 5.20. The first kappa shape index (κ1) is 7.79. The van der Waals surface area contributed by atoms with Crippen LogP contribution in [-0.2, 0) is 4.79 Å². The van der Waals surface area contributed by atoms with Gasteiger partial charge in [0.2, 0.25) is 16.3 Å². The Morgan fingerprint density at radius 3 is 2.64 bits per heavy atom. The SMILES string of the molecule is O=C1CC2CCC1C(O)[CH]2[AlH2]. The Morgan fingerprint density at radius 2 is 2.18 bits per heavy atom. The summed E-state index contributed by atoms with van der Waals surface area (Å²) in [4.78, 5) is 11.3. The molecule has 3 heteroatoms. The molecular weight excluding hydrogens is 155 g/mol. The molecule has 2 bridgehead atoms. The molecule has 11 heavy (non-hydrogen) atoms. The van der Waals surface area contributed by atoms with Crippen LogP contribution in [0.5, 0.6) is 0 Å². The predicted octanol–water partition coefficient (Wildman–Crippen LogP) is -0.232. The van der Waals surface area contributed by atoms with Gasteiger partial charge in [-0.2, -0.15) is 0 Å². The number of Topliss-reactive ketones (excluding diaryl/α,β-unsaturated/α-hetero) is 1. The number of ketones is 1. The van der Waals surface area contributed by atoms with E-state index in [0.717, 1.165) is 29.1 Å². The molecule has 0 spiro atoms. The average molecular weight is 168 g/mol. The number of hydrogen-bond donors (Lipinski definition) is 1. The fourth-order valence-corrected chi connectivity index (χ4v) is 3.56. The van der Waals surface area contributed by atoms with Crippen LogP contribution >= 0.6 is 0 Å². The van der Waals surface area contributed by atoms with Crippen molar-refractivity contribution in [3.63, 3.8) is 0 Å². The number of aliphatic hydroxyl groups is 1. The van der Waals surface area contributed by atoms with Gasteiger partial charge in [-0.25, -0.2) is 0 Å². The maximum absolute atomic E-state index is 11.3. The summed E-state index contributed by atoms with van der Waals surface area (Å²) in [7, 11) is 0. The molecular formula is C8H13AlO2. The second-order valence-electron chi connectivity index (χ2n) is 3.96. The Hall–Kier alpha value is 0.162. The topological polar surface area (TPSA) is 37.3 Å². The standard InChI is InChI=1S/C8H11O2.Al.2H/c9-7-3-5-1-2-6(7)8(10)4-5;;;/h3,5-7,9H,1-2,4H2;;;. The summed E-state index contributed by atoms with van der Waals surface area (Å²) in [5, 5.41) is 9.65. The van der Waals surface area contributed by atoms with Gasteiger partial charge in [-0.1, -0.05) is 11.2 Å². The summed E-state index contributed by atoms with van der Waals surface area (Å²) in [6.07, 6.45) is 2.61. The van der Waals surface area contributed by atoms with Gasteiger partial charge < -0.3 is 5.11 Å². The molecule has 0 radical (unpaired) electrons. The molecule has 0 aromatic carbocycles. The van der Waals surface area contributed by atoms with Crippen molar-refractivity contribution in [1.29, 1.82) is 0 Å². The molecule has 0 aliphatic heterocycles. The van der Waals surface area contributed by atoms with E-state index in [9.17, 15) is 9.90 Å². The Labute approximate surface area is 74.4 Å². The van der Waals surface area contributed by atoms with E-state index in [2.05, 4.69) is 0 Å². The van der Waals surface area contributed by atoms with E-state index in [-0.39, 0.29) is 12.0 Å². The average Bonchev–Trinajstić information content (AvgIpc) is 1.99. The third-order valence-electron chi connectivity index (χ3n) is 3.42. The second kappa shape index (κ2) is 2.59. The molecule has 2 nitrogen and oxygen atoms in total. The zero-order chi connectivity index (χ0) is 8.01. The molecule has 0 amide bonds. The lowest BCUT2D eigenvalue weighted by Crippen LogP contribution is -2.46. The lowest BCUT2D eigenvalue weighted by Gasteiger charge is -2.44. The van der Waals surface area contributed by atoms with Crippen molar-refractivity contribution in [1.82, 2.24) is 0 Å². The minimum atomic E-state index is -0.276. The molecule has 4 atom stereocenters. The Kier molecular flexibility index (Phi) is 1.83. The van der Waals surface area contributed by atoms with Gasteiger partial charge in [0.1, 0.15) is 5.78 Å². The summed E-state index contributed by atoms with van der Waals surface area (Å²) in [6, 6.07) is 0. The molecule has 0 aromatic heterocycles. The quantitative estimate of drug-likeness (QED) is 0.507. The minimum Gasteiger partial charge on any atom is -0.393 e. The number of aliphatic hydroxyl groups excluding tert-OH is 1. The van der Waals surface area contributed by atoms with Gasteiger partial charge in [-0.15, -0.1) is 0 Å². The molecule has 1 N–H and O–H groups in total. The number of fused-ring (bicyclic) bond motifs is 3. The number of hydrogen-bond acceptors (Lipinski definition) is 2. The third-order valence-corrected chi connectivity index (χ3v) is 5.05. The van der Waals surface area contributed by atoms with Crippen LogP contribution in [0.2, 0.25) is 4.78 Å². The first-order valence-corrected chi connectivity index (χ1v) is 5.56. The lowest BCUT2D eigenvalue weighted by molar-refractivity contribution is -0.136. The predicted molar refractivity (Wildman–Crippen MR) is 44.1 cm³/mol. The number of carbonyl (C=O) groups is 1. The normalized spacial score (nSPS) is 49.7. The molecule has 3 saturated carbocycles. The highest BCUT2D eigenvalue weighted by Gasteiger charge is 2.44. The van der Waals surface area contributed by atoms with Gasteiger partial charge in [-0.05, 0) is 12.3 Å². The number of rotatable bonds is 0. The van der Waals surface area contributed by atoms with Crippen LogP contribution in [0.25, 0.3) is 0 Å². The minimum absolute atomic E-state index is 0.0162. The molecule has 3 aliphatic rings. The molecule has 4 unspecified atom stereocenters. The number of carbonyl (C=O) groups excluding carboxylic acids is 1. The van der Waals surface area contributed by atoms with Crippen LogP contribution in [0.15, 0.2) is 0 Å². The monoisotopic (exact) mass is 168 g/mol. The highest BCUT2D eigenvalue weighted by Crippen LogP contribution is 2.44. The van der Waals surface area contributed by atoms with E-state index in [4.69, 9.17) is 0 Å². The summed E-state index contributed by atoms with van der Waals surface area (Å²) < 4.78 is 0.492. The van der Waals surface area contributed by atoms with Crippen molar-refractivity contribution >= 4 is 22.1 Å². The molecule has 3 fully saturated rings. The van der Waals surface area contributed by atoms with Gasteiger partial charge in [0.15, 0.2) is 0 Å². The Bertz CT molecular complexity index is 191. The van der Waals surface area contributed by atoms with E-state index < -0.39 is 0 Å². The van der Waals surface area contributed by atoms with Gasteiger partial charge in [0.25, 0.3) is 0 Å². The van der Waals surface area contributed by atoms with Crippen molar-refractivity contribution in [3.05, 3.63) is 0 Å². The van der Waals surface area contributed by atoms with Crippen molar-refractivity contribution < 1.29 is 9.90 Å². The van der Waals surface area contributed by atoms with E-state index in [1.165, 1.54) is 6.42 Å².